The van der Waals surface area contributed by atoms with Crippen molar-refractivity contribution in [3.63, 3.8) is 0 Å². The summed E-state index contributed by atoms with van der Waals surface area (Å²) in [7, 11) is 0. The predicted octanol–water partition coefficient (Wildman–Crippen LogP) is 4.05. The molecule has 3 nitrogen and oxygen atoms in total. The van der Waals surface area contributed by atoms with Gasteiger partial charge in [-0.15, -0.1) is 0 Å². The van der Waals surface area contributed by atoms with Gasteiger partial charge in [-0.25, -0.2) is 4.99 Å². The van der Waals surface area contributed by atoms with E-state index in [4.69, 9.17) is 28.9 Å². The van der Waals surface area contributed by atoms with Crippen molar-refractivity contribution in [2.75, 3.05) is 5.32 Å². The van der Waals surface area contributed by atoms with Crippen molar-refractivity contribution >= 4 is 40.5 Å². The van der Waals surface area contributed by atoms with Crippen LogP contribution in [-0.4, -0.2) is 5.96 Å². The van der Waals surface area contributed by atoms with Crippen molar-refractivity contribution in [3.8, 4) is 0 Å². The second-order valence-corrected chi connectivity index (χ2v) is 4.48. The van der Waals surface area contributed by atoms with Crippen molar-refractivity contribution in [1.82, 2.24) is 0 Å². The molecule has 5 heteroatoms. The zero-order chi connectivity index (χ0) is 13.0. The van der Waals surface area contributed by atoms with Crippen LogP contribution < -0.4 is 11.1 Å². The van der Waals surface area contributed by atoms with E-state index in [1.165, 1.54) is 0 Å². The standard InChI is InChI=1S/C13H11Cl2N3/c14-9-1-5-11(6-2-9)17-13(16)18-12-7-3-10(15)4-8-12/h1-8H,(H3,16,17,18). The van der Waals surface area contributed by atoms with E-state index < -0.39 is 0 Å². The number of rotatable bonds is 2. The van der Waals surface area contributed by atoms with Crippen LogP contribution in [0.1, 0.15) is 0 Å². The lowest BCUT2D eigenvalue weighted by Gasteiger charge is -2.05. The number of nitrogens with one attached hydrogen (secondary N) is 1. The number of benzene rings is 2. The lowest BCUT2D eigenvalue weighted by Crippen LogP contribution is -2.21. The van der Waals surface area contributed by atoms with Gasteiger partial charge in [-0.1, -0.05) is 23.2 Å². The number of aliphatic imine (C=N–C) groups is 1. The highest BCUT2D eigenvalue weighted by Gasteiger charge is 1.96. The Labute approximate surface area is 115 Å². The maximum atomic E-state index is 5.79. The van der Waals surface area contributed by atoms with Gasteiger partial charge in [0, 0.05) is 15.7 Å². The summed E-state index contributed by atoms with van der Waals surface area (Å²) in [4.78, 5) is 4.21. The van der Waals surface area contributed by atoms with Crippen LogP contribution in [0.4, 0.5) is 11.4 Å². The van der Waals surface area contributed by atoms with Gasteiger partial charge in [-0.05, 0) is 48.5 Å². The average molecular weight is 280 g/mol. The Morgan fingerprint density at radius 3 is 1.94 bits per heavy atom. The molecule has 0 aliphatic heterocycles. The minimum absolute atomic E-state index is 0.305. The monoisotopic (exact) mass is 279 g/mol. The molecule has 0 fully saturated rings. The number of anilines is 1. The molecule has 2 aromatic rings. The zero-order valence-electron chi connectivity index (χ0n) is 9.40. The Balaban J connectivity index is 2.09. The molecule has 0 aromatic heterocycles. The first kappa shape index (κ1) is 12.7. The van der Waals surface area contributed by atoms with Gasteiger partial charge >= 0.3 is 0 Å². The third-order valence-corrected chi connectivity index (χ3v) is 2.70. The van der Waals surface area contributed by atoms with E-state index in [-0.39, 0.29) is 0 Å². The molecule has 2 aromatic carbocycles. The van der Waals surface area contributed by atoms with Gasteiger partial charge in [0.1, 0.15) is 0 Å². The molecule has 2 rings (SSSR count). The summed E-state index contributed by atoms with van der Waals surface area (Å²) < 4.78 is 0. The molecule has 0 heterocycles. The highest BCUT2D eigenvalue weighted by molar-refractivity contribution is 6.30. The van der Waals surface area contributed by atoms with Crippen LogP contribution >= 0.6 is 23.2 Å². The molecule has 18 heavy (non-hydrogen) atoms. The van der Waals surface area contributed by atoms with Crippen molar-refractivity contribution in [2.45, 2.75) is 0 Å². The van der Waals surface area contributed by atoms with Crippen LogP contribution in [0.3, 0.4) is 0 Å². The Kier molecular flexibility index (Phi) is 4.07. The summed E-state index contributed by atoms with van der Waals surface area (Å²) >= 11 is 11.6. The van der Waals surface area contributed by atoms with Crippen molar-refractivity contribution in [3.05, 3.63) is 58.6 Å². The maximum Gasteiger partial charge on any atom is 0.198 e. The largest absolute Gasteiger partial charge is 0.369 e. The Morgan fingerprint density at radius 2 is 1.39 bits per heavy atom. The van der Waals surface area contributed by atoms with Crippen molar-refractivity contribution < 1.29 is 0 Å². The van der Waals surface area contributed by atoms with E-state index in [1.807, 2.05) is 12.1 Å². The SMILES string of the molecule is NC(=Nc1ccc(Cl)cc1)Nc1ccc(Cl)cc1. The number of nitrogens with two attached hydrogens (primary N) is 1. The van der Waals surface area contributed by atoms with E-state index in [0.29, 0.717) is 16.0 Å². The first-order valence-electron chi connectivity index (χ1n) is 5.26. The lowest BCUT2D eigenvalue weighted by molar-refractivity contribution is 1.44. The Bertz CT molecular complexity index is 547. The summed E-state index contributed by atoms with van der Waals surface area (Å²) in [5.41, 5.74) is 7.35. The molecule has 0 radical (unpaired) electrons. The fourth-order valence-corrected chi connectivity index (χ4v) is 1.62. The summed E-state index contributed by atoms with van der Waals surface area (Å²) in [6, 6.07) is 14.3. The summed E-state index contributed by atoms with van der Waals surface area (Å²) in [6.45, 7) is 0. The quantitative estimate of drug-likeness (QED) is 0.644. The molecule has 0 spiro atoms. The molecule has 3 N–H and O–H groups in total. The van der Waals surface area contributed by atoms with Crippen LogP contribution in [0.5, 0.6) is 0 Å². The summed E-state index contributed by atoms with van der Waals surface area (Å²) in [5.74, 6) is 0.305. The lowest BCUT2D eigenvalue weighted by atomic mass is 10.3. The van der Waals surface area contributed by atoms with Crippen LogP contribution in [-0.2, 0) is 0 Å². The number of nitrogens with zero attached hydrogens (tertiary/aromatic N) is 1. The fourth-order valence-electron chi connectivity index (χ4n) is 1.36. The molecular formula is C13H11Cl2N3. The average Bonchev–Trinajstić information content (AvgIpc) is 2.35. The molecule has 0 saturated carbocycles. The number of hydrogen-bond donors (Lipinski definition) is 2. The normalized spacial score (nSPS) is 11.3. The second kappa shape index (κ2) is 5.76. The van der Waals surface area contributed by atoms with Gasteiger partial charge in [-0.2, -0.15) is 0 Å². The van der Waals surface area contributed by atoms with E-state index >= 15 is 0 Å². The highest BCUT2D eigenvalue weighted by Crippen LogP contribution is 2.17. The van der Waals surface area contributed by atoms with Gasteiger partial charge in [0.15, 0.2) is 5.96 Å². The number of halogens is 2. The Hall–Kier alpha value is -1.71. The number of guanidine groups is 1. The molecule has 0 aliphatic rings. The van der Waals surface area contributed by atoms with E-state index in [0.717, 1.165) is 11.4 Å². The van der Waals surface area contributed by atoms with Crippen LogP contribution in [0.25, 0.3) is 0 Å². The molecule has 92 valence electrons. The van der Waals surface area contributed by atoms with E-state index in [2.05, 4.69) is 10.3 Å². The minimum atomic E-state index is 0.305. The molecular weight excluding hydrogens is 269 g/mol. The minimum Gasteiger partial charge on any atom is -0.369 e. The molecule has 0 amide bonds. The van der Waals surface area contributed by atoms with Gasteiger partial charge in [0.2, 0.25) is 0 Å². The highest BCUT2D eigenvalue weighted by atomic mass is 35.5. The number of hydrogen-bond acceptors (Lipinski definition) is 1. The molecule has 0 atom stereocenters. The fraction of sp³-hybridized carbons (Fsp3) is 0. The molecule has 0 bridgehead atoms. The topological polar surface area (TPSA) is 50.4 Å². The van der Waals surface area contributed by atoms with Gasteiger partial charge in [0.05, 0.1) is 5.69 Å². The van der Waals surface area contributed by atoms with Crippen LogP contribution in [0.2, 0.25) is 10.0 Å². The van der Waals surface area contributed by atoms with Crippen LogP contribution in [0.15, 0.2) is 53.5 Å². The third-order valence-electron chi connectivity index (χ3n) is 2.19. The summed E-state index contributed by atoms with van der Waals surface area (Å²) in [5, 5.41) is 4.31. The summed E-state index contributed by atoms with van der Waals surface area (Å²) in [6.07, 6.45) is 0. The predicted molar refractivity (Wildman–Crippen MR) is 77.8 cm³/mol. The zero-order valence-corrected chi connectivity index (χ0v) is 10.9. The van der Waals surface area contributed by atoms with Gasteiger partial charge in [0.25, 0.3) is 0 Å². The maximum absolute atomic E-state index is 5.79. The molecule has 0 unspecified atom stereocenters. The van der Waals surface area contributed by atoms with Gasteiger partial charge in [-0.3, -0.25) is 0 Å². The van der Waals surface area contributed by atoms with Crippen LogP contribution in [0, 0.1) is 0 Å². The van der Waals surface area contributed by atoms with E-state index in [1.54, 1.807) is 36.4 Å². The van der Waals surface area contributed by atoms with Crippen molar-refractivity contribution in [2.24, 2.45) is 10.7 Å². The molecule has 0 aliphatic carbocycles. The first-order valence-corrected chi connectivity index (χ1v) is 6.01. The first-order chi connectivity index (χ1) is 8.63. The van der Waals surface area contributed by atoms with E-state index in [9.17, 15) is 0 Å². The smallest absolute Gasteiger partial charge is 0.198 e. The third kappa shape index (κ3) is 3.65. The Morgan fingerprint density at radius 1 is 0.889 bits per heavy atom. The van der Waals surface area contributed by atoms with Gasteiger partial charge < -0.3 is 11.1 Å². The molecule has 0 saturated heterocycles. The van der Waals surface area contributed by atoms with Crippen molar-refractivity contribution in [1.29, 1.82) is 0 Å². The second-order valence-electron chi connectivity index (χ2n) is 3.61.